The summed E-state index contributed by atoms with van der Waals surface area (Å²) in [5.74, 6) is 0.680. The van der Waals surface area contributed by atoms with Gasteiger partial charge in [-0.15, -0.1) is 24.0 Å². The van der Waals surface area contributed by atoms with Crippen LogP contribution in [-0.4, -0.2) is 70.3 Å². The van der Waals surface area contributed by atoms with Gasteiger partial charge in [0.2, 0.25) is 10.0 Å². The Balaban J connectivity index is 0.00000450. The number of aliphatic imine (C=N–C) groups is 1. The van der Waals surface area contributed by atoms with Gasteiger partial charge in [0.25, 0.3) is 0 Å². The average Bonchev–Trinajstić information content (AvgIpc) is 3.10. The Hall–Kier alpha value is -1.07. The SMILES string of the molecule is CN=C(NCCCN(C(C)C)C(C)C)NCCS(=O)(=O)N1CCc2ccccc21.I. The summed E-state index contributed by atoms with van der Waals surface area (Å²) in [5, 5.41) is 6.40. The maximum absolute atomic E-state index is 12.7. The Morgan fingerprint density at radius 1 is 1.13 bits per heavy atom. The van der Waals surface area contributed by atoms with E-state index in [1.54, 1.807) is 7.05 Å². The fourth-order valence-electron chi connectivity index (χ4n) is 3.81. The molecule has 9 heteroatoms. The van der Waals surface area contributed by atoms with Gasteiger partial charge in [0.1, 0.15) is 0 Å². The molecule has 1 aliphatic rings. The minimum absolute atomic E-state index is 0. The number of fused-ring (bicyclic) bond motifs is 1. The number of hydrogen-bond donors (Lipinski definition) is 2. The lowest BCUT2D eigenvalue weighted by Gasteiger charge is -2.30. The summed E-state index contributed by atoms with van der Waals surface area (Å²) < 4.78 is 27.0. The number of benzene rings is 1. The van der Waals surface area contributed by atoms with E-state index in [1.165, 1.54) is 4.31 Å². The number of para-hydroxylation sites is 1. The predicted octanol–water partition coefficient (Wildman–Crippen LogP) is 2.67. The van der Waals surface area contributed by atoms with Gasteiger partial charge >= 0.3 is 0 Å². The summed E-state index contributed by atoms with van der Waals surface area (Å²) in [6, 6.07) is 8.76. The van der Waals surface area contributed by atoms with Gasteiger partial charge in [-0.25, -0.2) is 8.42 Å². The molecule has 0 aromatic heterocycles. The molecule has 0 atom stereocenters. The summed E-state index contributed by atoms with van der Waals surface area (Å²) >= 11 is 0. The summed E-state index contributed by atoms with van der Waals surface area (Å²) in [4.78, 5) is 6.66. The van der Waals surface area contributed by atoms with Crippen molar-refractivity contribution in [1.29, 1.82) is 0 Å². The Morgan fingerprint density at radius 3 is 2.40 bits per heavy atom. The first kappa shape index (κ1) is 27.0. The fraction of sp³-hybridized carbons (Fsp3) is 0.667. The van der Waals surface area contributed by atoms with Crippen molar-refractivity contribution in [2.75, 3.05) is 43.3 Å². The highest BCUT2D eigenvalue weighted by atomic mass is 127. The van der Waals surface area contributed by atoms with E-state index in [1.807, 2.05) is 24.3 Å². The summed E-state index contributed by atoms with van der Waals surface area (Å²) in [7, 11) is -1.65. The Labute approximate surface area is 199 Å². The molecule has 0 spiro atoms. The molecule has 0 saturated heterocycles. The molecule has 172 valence electrons. The second kappa shape index (κ2) is 12.7. The minimum Gasteiger partial charge on any atom is -0.356 e. The minimum atomic E-state index is -3.35. The number of rotatable bonds is 10. The first-order chi connectivity index (χ1) is 13.8. The molecule has 1 heterocycles. The van der Waals surface area contributed by atoms with Crippen LogP contribution in [0.4, 0.5) is 5.69 Å². The van der Waals surface area contributed by atoms with E-state index in [-0.39, 0.29) is 29.7 Å². The zero-order chi connectivity index (χ0) is 21.4. The van der Waals surface area contributed by atoms with E-state index >= 15 is 0 Å². The van der Waals surface area contributed by atoms with Crippen LogP contribution < -0.4 is 14.9 Å². The number of nitrogens with zero attached hydrogens (tertiary/aromatic N) is 3. The van der Waals surface area contributed by atoms with E-state index in [0.29, 0.717) is 31.1 Å². The maximum atomic E-state index is 12.7. The smallest absolute Gasteiger partial charge is 0.236 e. The van der Waals surface area contributed by atoms with Gasteiger partial charge in [0.15, 0.2) is 5.96 Å². The molecule has 0 fully saturated rings. The van der Waals surface area contributed by atoms with E-state index in [2.05, 4.69) is 48.2 Å². The Kier molecular flexibility index (Phi) is 11.4. The van der Waals surface area contributed by atoms with Crippen molar-refractivity contribution >= 4 is 45.6 Å². The van der Waals surface area contributed by atoms with E-state index < -0.39 is 10.0 Å². The van der Waals surface area contributed by atoms with E-state index in [0.717, 1.165) is 37.2 Å². The van der Waals surface area contributed by atoms with Gasteiger partial charge in [-0.05, 0) is 52.2 Å². The first-order valence-corrected chi connectivity index (χ1v) is 12.2. The predicted molar refractivity (Wildman–Crippen MR) is 138 cm³/mol. The van der Waals surface area contributed by atoms with Crippen molar-refractivity contribution in [3.63, 3.8) is 0 Å². The lowest BCUT2D eigenvalue weighted by Crippen LogP contribution is -2.43. The fourth-order valence-corrected chi connectivity index (χ4v) is 5.23. The number of sulfonamides is 1. The summed E-state index contributed by atoms with van der Waals surface area (Å²) in [5.41, 5.74) is 1.91. The molecule has 0 aliphatic carbocycles. The third-order valence-electron chi connectivity index (χ3n) is 5.27. The molecule has 30 heavy (non-hydrogen) atoms. The second-order valence-corrected chi connectivity index (χ2v) is 9.98. The molecule has 0 radical (unpaired) electrons. The van der Waals surface area contributed by atoms with Gasteiger partial charge in [0, 0.05) is 45.3 Å². The lowest BCUT2D eigenvalue weighted by atomic mass is 10.2. The highest BCUT2D eigenvalue weighted by molar-refractivity contribution is 14.0. The van der Waals surface area contributed by atoms with Gasteiger partial charge in [-0.3, -0.25) is 14.2 Å². The largest absolute Gasteiger partial charge is 0.356 e. The molecule has 0 bridgehead atoms. The van der Waals surface area contributed by atoms with E-state index in [9.17, 15) is 8.42 Å². The van der Waals surface area contributed by atoms with Crippen molar-refractivity contribution in [2.24, 2.45) is 4.99 Å². The number of halogens is 1. The molecular weight excluding hydrogens is 513 g/mol. The zero-order valence-corrected chi connectivity index (χ0v) is 22.0. The van der Waals surface area contributed by atoms with Crippen molar-refractivity contribution in [2.45, 2.75) is 52.6 Å². The molecule has 0 saturated carbocycles. The Morgan fingerprint density at radius 2 is 1.77 bits per heavy atom. The van der Waals surface area contributed by atoms with Gasteiger partial charge in [-0.2, -0.15) is 0 Å². The van der Waals surface area contributed by atoms with Crippen LogP contribution in [0.15, 0.2) is 29.3 Å². The molecule has 1 aliphatic heterocycles. The van der Waals surface area contributed by atoms with Gasteiger partial charge < -0.3 is 10.6 Å². The molecule has 2 rings (SSSR count). The van der Waals surface area contributed by atoms with Crippen LogP contribution in [0, 0.1) is 0 Å². The number of anilines is 1. The average molecular weight is 552 g/mol. The highest BCUT2D eigenvalue weighted by Gasteiger charge is 2.28. The molecule has 0 amide bonds. The van der Waals surface area contributed by atoms with Crippen LogP contribution in [0.5, 0.6) is 0 Å². The third-order valence-corrected chi connectivity index (χ3v) is 7.04. The highest BCUT2D eigenvalue weighted by Crippen LogP contribution is 2.29. The second-order valence-electron chi connectivity index (χ2n) is 7.97. The zero-order valence-electron chi connectivity index (χ0n) is 18.9. The van der Waals surface area contributed by atoms with Gasteiger partial charge in [0.05, 0.1) is 11.4 Å². The third kappa shape index (κ3) is 7.56. The molecule has 7 nitrogen and oxygen atoms in total. The first-order valence-electron chi connectivity index (χ1n) is 10.5. The van der Waals surface area contributed by atoms with Crippen LogP contribution >= 0.6 is 24.0 Å². The summed E-state index contributed by atoms with van der Waals surface area (Å²) in [6.45, 7) is 11.5. The lowest BCUT2D eigenvalue weighted by molar-refractivity contribution is 0.173. The van der Waals surface area contributed by atoms with Gasteiger partial charge in [-0.1, -0.05) is 18.2 Å². The van der Waals surface area contributed by atoms with Crippen LogP contribution in [-0.2, 0) is 16.4 Å². The number of guanidine groups is 1. The monoisotopic (exact) mass is 551 g/mol. The summed E-state index contributed by atoms with van der Waals surface area (Å²) in [6.07, 6.45) is 1.77. The normalized spacial score (nSPS) is 14.3. The van der Waals surface area contributed by atoms with Crippen LogP contribution in [0.25, 0.3) is 0 Å². The molecule has 1 aromatic rings. The molecule has 0 unspecified atom stereocenters. The van der Waals surface area contributed by atoms with Crippen LogP contribution in [0.1, 0.15) is 39.7 Å². The maximum Gasteiger partial charge on any atom is 0.236 e. The topological polar surface area (TPSA) is 77.0 Å². The van der Waals surface area contributed by atoms with Crippen LogP contribution in [0.2, 0.25) is 0 Å². The van der Waals surface area contributed by atoms with E-state index in [4.69, 9.17) is 0 Å². The Bertz CT molecular complexity index is 775. The molecule has 1 aromatic carbocycles. The standard InChI is InChI=1S/C21H37N5O2S.HI/c1-17(2)25(18(3)4)14-8-12-23-21(22-5)24-13-16-29(27,28)26-15-11-19-9-6-7-10-20(19)26;/h6-7,9-10,17-18H,8,11-16H2,1-5H3,(H2,22,23,24);1H. The quantitative estimate of drug-likeness (QED) is 0.203. The van der Waals surface area contributed by atoms with Crippen molar-refractivity contribution in [1.82, 2.24) is 15.5 Å². The number of hydrogen-bond acceptors (Lipinski definition) is 4. The number of nitrogens with one attached hydrogen (secondary N) is 2. The van der Waals surface area contributed by atoms with Crippen molar-refractivity contribution in [3.8, 4) is 0 Å². The molecular formula is C21H38IN5O2S. The molecule has 2 N–H and O–H groups in total. The van der Waals surface area contributed by atoms with Crippen molar-refractivity contribution < 1.29 is 8.42 Å². The van der Waals surface area contributed by atoms with Crippen molar-refractivity contribution in [3.05, 3.63) is 29.8 Å². The van der Waals surface area contributed by atoms with Crippen LogP contribution in [0.3, 0.4) is 0 Å².